The summed E-state index contributed by atoms with van der Waals surface area (Å²) in [5.74, 6) is 0. The molecule has 3 heterocycles. The Kier molecular flexibility index (Phi) is 10.4. The van der Waals surface area contributed by atoms with Gasteiger partial charge in [-0.2, -0.15) is 16.3 Å². The average Bonchev–Trinajstić information content (AvgIpc) is 3.57. The third kappa shape index (κ3) is 6.80. The Morgan fingerprint density at radius 1 is 0.758 bits per heavy atom. The van der Waals surface area contributed by atoms with E-state index in [9.17, 15) is 0 Å². The Morgan fingerprint density at radius 3 is 1.82 bits per heavy atom. The summed E-state index contributed by atoms with van der Waals surface area (Å²) in [5.41, 5.74) is 6.21. The fraction of sp³-hybridized carbons (Fsp3) is 0.115. The number of hydrogen-bond donors (Lipinski definition) is 1. The molecule has 2 aromatic carbocycles. The van der Waals surface area contributed by atoms with Gasteiger partial charge >= 0.3 is 0 Å². The van der Waals surface area contributed by atoms with Crippen LogP contribution in [0.15, 0.2) is 91.6 Å². The van der Waals surface area contributed by atoms with Gasteiger partial charge in [0.15, 0.2) is 0 Å². The molecule has 5 aromatic rings. The largest absolute Gasteiger partial charge is 0.400 e. The second-order valence-corrected chi connectivity index (χ2v) is 6.73. The Hall–Kier alpha value is -3.38. The third-order valence-electron chi connectivity index (χ3n) is 4.53. The van der Waals surface area contributed by atoms with Crippen molar-refractivity contribution in [3.8, 4) is 22.6 Å². The molecular formula is C26H25IrN5O-2. The van der Waals surface area contributed by atoms with Crippen LogP contribution in [0.2, 0.25) is 0 Å². The van der Waals surface area contributed by atoms with E-state index >= 15 is 0 Å². The minimum Gasteiger partial charge on any atom is -0.400 e. The van der Waals surface area contributed by atoms with Gasteiger partial charge in [0.05, 0.1) is 0 Å². The molecule has 7 heteroatoms. The Bertz CT molecular complexity index is 1100. The van der Waals surface area contributed by atoms with Gasteiger partial charge in [0.1, 0.15) is 0 Å². The number of aryl methyl sites for hydroxylation is 2. The van der Waals surface area contributed by atoms with Crippen LogP contribution in [0.3, 0.4) is 0 Å². The van der Waals surface area contributed by atoms with Gasteiger partial charge in [-0.1, -0.05) is 26.0 Å². The second kappa shape index (κ2) is 13.2. The van der Waals surface area contributed by atoms with Gasteiger partial charge in [0.25, 0.3) is 0 Å². The van der Waals surface area contributed by atoms with Crippen molar-refractivity contribution in [3.63, 3.8) is 0 Å². The zero-order valence-corrected chi connectivity index (χ0v) is 21.1. The average molecular weight is 616 g/mol. The van der Waals surface area contributed by atoms with Crippen LogP contribution in [0.1, 0.15) is 11.1 Å². The van der Waals surface area contributed by atoms with E-state index in [0.29, 0.717) is 0 Å². The number of aliphatic hydroxyl groups excluding tert-OH is 1. The Labute approximate surface area is 207 Å². The molecule has 0 amide bonds. The van der Waals surface area contributed by atoms with Gasteiger partial charge in [-0.3, -0.25) is 9.36 Å². The molecule has 0 saturated carbocycles. The number of aromatic nitrogens is 5. The Balaban J connectivity index is 0.000000225. The van der Waals surface area contributed by atoms with E-state index in [4.69, 9.17) is 5.11 Å². The number of hydrogen-bond acceptors (Lipinski definition) is 4. The van der Waals surface area contributed by atoms with E-state index in [-0.39, 0.29) is 20.1 Å². The van der Waals surface area contributed by atoms with Crippen molar-refractivity contribution in [1.82, 2.24) is 24.5 Å². The molecule has 0 spiro atoms. The van der Waals surface area contributed by atoms with E-state index in [0.717, 1.165) is 40.9 Å². The summed E-state index contributed by atoms with van der Waals surface area (Å²) in [6.07, 6.45) is 9.15. The summed E-state index contributed by atoms with van der Waals surface area (Å²) in [7, 11) is 1.00. The third-order valence-corrected chi connectivity index (χ3v) is 4.53. The maximum atomic E-state index is 7.00. The van der Waals surface area contributed by atoms with Crippen LogP contribution in [0.25, 0.3) is 22.6 Å². The summed E-state index contributed by atoms with van der Waals surface area (Å²) in [6.45, 7) is 4.13. The number of benzene rings is 2. The summed E-state index contributed by atoms with van der Waals surface area (Å²) < 4.78 is 3.64. The first-order valence-corrected chi connectivity index (χ1v) is 10.1. The summed E-state index contributed by atoms with van der Waals surface area (Å²) in [5, 5.41) is 15.5. The van der Waals surface area contributed by atoms with Crippen molar-refractivity contribution in [2.45, 2.75) is 13.8 Å². The van der Waals surface area contributed by atoms with Crippen molar-refractivity contribution in [2.24, 2.45) is 0 Å². The summed E-state index contributed by atoms with van der Waals surface area (Å²) in [4.78, 5) is 4.22. The van der Waals surface area contributed by atoms with Gasteiger partial charge in [-0.25, -0.2) is 0 Å². The first kappa shape index (κ1) is 25.9. The van der Waals surface area contributed by atoms with Crippen LogP contribution < -0.4 is 0 Å². The molecule has 0 bridgehead atoms. The normalized spacial score (nSPS) is 9.58. The van der Waals surface area contributed by atoms with Gasteiger partial charge in [-0.15, -0.1) is 53.1 Å². The number of aliphatic hydroxyl groups is 1. The molecule has 1 radical (unpaired) electrons. The maximum absolute atomic E-state index is 7.00. The van der Waals surface area contributed by atoms with Crippen molar-refractivity contribution < 1.29 is 25.2 Å². The van der Waals surface area contributed by atoms with Gasteiger partial charge in [0.2, 0.25) is 0 Å². The second-order valence-electron chi connectivity index (χ2n) is 6.73. The van der Waals surface area contributed by atoms with Crippen LogP contribution in [0, 0.1) is 26.0 Å². The molecule has 0 fully saturated rings. The van der Waals surface area contributed by atoms with E-state index < -0.39 is 0 Å². The smallest absolute Gasteiger partial charge is 0.0493 e. The number of nitrogens with zero attached hydrogens (tertiary/aromatic N) is 5. The molecule has 33 heavy (non-hydrogen) atoms. The van der Waals surface area contributed by atoms with Crippen LogP contribution in [-0.4, -0.2) is 36.8 Å². The van der Waals surface area contributed by atoms with Gasteiger partial charge < -0.3 is 10.1 Å². The first-order valence-electron chi connectivity index (χ1n) is 10.1. The molecule has 0 aliphatic carbocycles. The van der Waals surface area contributed by atoms with E-state index in [1.165, 1.54) is 0 Å². The van der Waals surface area contributed by atoms with Crippen molar-refractivity contribution >= 4 is 0 Å². The van der Waals surface area contributed by atoms with E-state index in [1.807, 2.05) is 76.4 Å². The molecule has 0 aliphatic rings. The molecule has 171 valence electrons. The number of pyridine rings is 1. The molecule has 0 atom stereocenters. The molecule has 0 unspecified atom stereocenters. The maximum Gasteiger partial charge on any atom is 0.0493 e. The zero-order valence-electron chi connectivity index (χ0n) is 18.7. The fourth-order valence-corrected chi connectivity index (χ4v) is 3.12. The van der Waals surface area contributed by atoms with Crippen molar-refractivity contribution in [2.75, 3.05) is 7.11 Å². The predicted molar refractivity (Wildman–Crippen MR) is 126 cm³/mol. The van der Waals surface area contributed by atoms with Gasteiger partial charge in [0, 0.05) is 58.2 Å². The summed E-state index contributed by atoms with van der Waals surface area (Å²) in [6, 6.07) is 26.1. The first-order chi connectivity index (χ1) is 15.7. The van der Waals surface area contributed by atoms with E-state index in [1.54, 1.807) is 18.6 Å². The van der Waals surface area contributed by atoms with Crippen LogP contribution in [-0.2, 0) is 20.1 Å². The fourth-order valence-electron chi connectivity index (χ4n) is 3.12. The van der Waals surface area contributed by atoms with Gasteiger partial charge in [-0.05, 0) is 35.3 Å². The minimum absolute atomic E-state index is 0. The SMILES string of the molecule is CO.Cc1cc(C)c(-n2cccn2)[c-]c1-n1cccn1.[Ir].[c-]1ccccc1-c1ccccn1. The van der Waals surface area contributed by atoms with Crippen LogP contribution >= 0.6 is 0 Å². The van der Waals surface area contributed by atoms with Crippen molar-refractivity contribution in [1.29, 1.82) is 0 Å². The van der Waals surface area contributed by atoms with Crippen molar-refractivity contribution in [3.05, 3.63) is 115 Å². The quantitative estimate of drug-likeness (QED) is 0.301. The predicted octanol–water partition coefficient (Wildman–Crippen LogP) is 4.63. The Morgan fingerprint density at radius 2 is 1.36 bits per heavy atom. The van der Waals surface area contributed by atoms with Crippen LogP contribution in [0.5, 0.6) is 0 Å². The monoisotopic (exact) mass is 616 g/mol. The van der Waals surface area contributed by atoms with E-state index in [2.05, 4.69) is 47.2 Å². The molecule has 6 nitrogen and oxygen atoms in total. The standard InChI is InChI=1S/C14H13N4.C11H8N.CH4O.Ir/c1-11-9-12(2)14(18-8-4-6-16-18)10-13(11)17-7-3-5-15-17;1-2-6-10(7-3-1)11-8-4-5-9-12-11;1-2;/h3-9H,1-2H3;1-6,8-9H;2H,1H3;/q2*-1;;. The topological polar surface area (TPSA) is 68.8 Å². The molecule has 0 saturated heterocycles. The molecule has 1 N–H and O–H groups in total. The molecule has 3 aromatic heterocycles. The molecule has 5 rings (SSSR count). The number of rotatable bonds is 3. The minimum atomic E-state index is 0. The van der Waals surface area contributed by atoms with Crippen LogP contribution in [0.4, 0.5) is 0 Å². The zero-order chi connectivity index (χ0) is 22.8. The summed E-state index contributed by atoms with van der Waals surface area (Å²) >= 11 is 0. The molecular weight excluding hydrogens is 591 g/mol. The molecule has 0 aliphatic heterocycles.